The summed E-state index contributed by atoms with van der Waals surface area (Å²) < 4.78 is 0. The molecule has 0 spiro atoms. The van der Waals surface area contributed by atoms with Gasteiger partial charge in [0.25, 0.3) is 0 Å². The van der Waals surface area contributed by atoms with Crippen LogP contribution in [0, 0.1) is 0 Å². The molecular weight excluding hydrogens is 166 g/mol. The van der Waals surface area contributed by atoms with Gasteiger partial charge in [-0.15, -0.1) is 0 Å². The summed E-state index contributed by atoms with van der Waals surface area (Å²) in [6.07, 6.45) is 6.35. The minimum Gasteiger partial charge on any atom is -0.510 e. The summed E-state index contributed by atoms with van der Waals surface area (Å²) in [7, 11) is 0. The van der Waals surface area contributed by atoms with Crippen molar-refractivity contribution in [3.05, 3.63) is 12.0 Å². The fraction of sp³-hybridized carbons (Fsp3) is 0.700. The largest absolute Gasteiger partial charge is 0.510 e. The van der Waals surface area contributed by atoms with E-state index in [0.29, 0.717) is 0 Å². The Labute approximate surface area is 79.0 Å². The lowest BCUT2D eigenvalue weighted by Gasteiger charge is -2.11. The molecule has 1 heterocycles. The first kappa shape index (κ1) is 10.1. The van der Waals surface area contributed by atoms with Crippen molar-refractivity contribution in [1.29, 1.82) is 0 Å². The first-order valence-corrected chi connectivity index (χ1v) is 4.93. The van der Waals surface area contributed by atoms with E-state index in [4.69, 9.17) is 5.11 Å². The van der Waals surface area contributed by atoms with Gasteiger partial charge < -0.3 is 10.0 Å². The number of hydrogen-bond acceptors (Lipinski definition) is 2. The zero-order valence-electron chi connectivity index (χ0n) is 8.12. The van der Waals surface area contributed by atoms with Crippen molar-refractivity contribution in [3.63, 3.8) is 0 Å². The molecule has 0 radical (unpaired) electrons. The van der Waals surface area contributed by atoms with Crippen LogP contribution in [0.4, 0.5) is 0 Å². The first-order chi connectivity index (χ1) is 6.24. The predicted molar refractivity (Wildman–Crippen MR) is 51.2 cm³/mol. The van der Waals surface area contributed by atoms with Crippen LogP contribution in [0.5, 0.6) is 0 Å². The minimum atomic E-state index is 0.0222. The molecule has 1 aliphatic heterocycles. The van der Waals surface area contributed by atoms with Crippen molar-refractivity contribution >= 4 is 5.91 Å². The molecule has 1 rings (SSSR count). The number of amides is 1. The average Bonchev–Trinajstić information content (AvgIpc) is 2.39. The van der Waals surface area contributed by atoms with Crippen LogP contribution in [0.1, 0.15) is 39.0 Å². The summed E-state index contributed by atoms with van der Waals surface area (Å²) >= 11 is 0. The molecule has 13 heavy (non-hydrogen) atoms. The van der Waals surface area contributed by atoms with Crippen LogP contribution >= 0.6 is 0 Å². The molecule has 0 bridgehead atoms. The average molecular weight is 183 g/mol. The van der Waals surface area contributed by atoms with Gasteiger partial charge in [-0.1, -0.05) is 26.2 Å². The molecule has 0 aromatic rings. The van der Waals surface area contributed by atoms with E-state index in [2.05, 4.69) is 6.92 Å². The van der Waals surface area contributed by atoms with E-state index in [1.165, 1.54) is 12.8 Å². The highest BCUT2D eigenvalue weighted by Gasteiger charge is 2.19. The number of hydrogen-bond donors (Lipinski definition) is 1. The van der Waals surface area contributed by atoms with E-state index >= 15 is 0 Å². The van der Waals surface area contributed by atoms with Crippen molar-refractivity contribution in [2.45, 2.75) is 39.0 Å². The van der Waals surface area contributed by atoms with Crippen molar-refractivity contribution in [2.24, 2.45) is 0 Å². The number of aliphatic hydroxyl groups excluding tert-OH is 1. The van der Waals surface area contributed by atoms with Gasteiger partial charge in [0, 0.05) is 12.7 Å². The maximum atomic E-state index is 11.2. The fourth-order valence-corrected chi connectivity index (χ4v) is 1.45. The third kappa shape index (κ3) is 3.09. The van der Waals surface area contributed by atoms with E-state index in [0.717, 1.165) is 19.4 Å². The highest BCUT2D eigenvalue weighted by Crippen LogP contribution is 2.14. The minimum absolute atomic E-state index is 0.0222. The molecular formula is C10H17NO2. The highest BCUT2D eigenvalue weighted by molar-refractivity contribution is 5.82. The van der Waals surface area contributed by atoms with Gasteiger partial charge in [-0.3, -0.25) is 4.79 Å². The molecule has 0 saturated carbocycles. The number of aliphatic hydroxyl groups is 1. The maximum Gasteiger partial charge on any atom is 0.234 e. The standard InChI is InChI=1S/C10H17NO2/c1-2-3-4-5-6-11-8-9(12)7-10(11)13/h8,12H,2-7H2,1H3. The molecule has 1 N–H and O–H groups in total. The Kier molecular flexibility index (Phi) is 3.80. The zero-order chi connectivity index (χ0) is 9.68. The molecule has 1 aliphatic rings. The molecule has 3 nitrogen and oxygen atoms in total. The van der Waals surface area contributed by atoms with E-state index in [1.807, 2.05) is 0 Å². The molecule has 0 aromatic heterocycles. The van der Waals surface area contributed by atoms with Gasteiger partial charge >= 0.3 is 0 Å². The molecule has 3 heteroatoms. The Hall–Kier alpha value is -0.990. The van der Waals surface area contributed by atoms with Crippen LogP contribution in [-0.4, -0.2) is 22.5 Å². The van der Waals surface area contributed by atoms with Crippen LogP contribution in [0.15, 0.2) is 12.0 Å². The van der Waals surface area contributed by atoms with Crippen LogP contribution in [0.25, 0.3) is 0 Å². The smallest absolute Gasteiger partial charge is 0.234 e. The van der Waals surface area contributed by atoms with Gasteiger partial charge in [0.1, 0.15) is 5.76 Å². The molecule has 0 fully saturated rings. The number of carbonyl (C=O) groups is 1. The molecule has 0 aliphatic carbocycles. The van der Waals surface area contributed by atoms with Crippen molar-refractivity contribution in [1.82, 2.24) is 4.90 Å². The van der Waals surface area contributed by atoms with Crippen molar-refractivity contribution < 1.29 is 9.90 Å². The van der Waals surface area contributed by atoms with Crippen molar-refractivity contribution in [2.75, 3.05) is 6.54 Å². The Morgan fingerprint density at radius 1 is 1.46 bits per heavy atom. The normalized spacial score (nSPS) is 16.5. The summed E-state index contributed by atoms with van der Waals surface area (Å²) in [4.78, 5) is 12.8. The lowest BCUT2D eigenvalue weighted by Crippen LogP contribution is -2.21. The second-order valence-corrected chi connectivity index (χ2v) is 3.45. The Morgan fingerprint density at radius 2 is 2.23 bits per heavy atom. The van der Waals surface area contributed by atoms with Crippen LogP contribution in [-0.2, 0) is 4.79 Å². The van der Waals surface area contributed by atoms with E-state index < -0.39 is 0 Å². The van der Waals surface area contributed by atoms with E-state index in [1.54, 1.807) is 11.1 Å². The summed E-state index contributed by atoms with van der Waals surface area (Å²) in [6, 6.07) is 0. The Balaban J connectivity index is 2.18. The van der Waals surface area contributed by atoms with Gasteiger partial charge in [0.2, 0.25) is 5.91 Å². The molecule has 1 amide bonds. The third-order valence-corrected chi connectivity index (χ3v) is 2.21. The van der Waals surface area contributed by atoms with Gasteiger partial charge in [-0.25, -0.2) is 0 Å². The lowest BCUT2D eigenvalue weighted by molar-refractivity contribution is -0.126. The van der Waals surface area contributed by atoms with E-state index in [-0.39, 0.29) is 18.1 Å². The zero-order valence-corrected chi connectivity index (χ0v) is 8.12. The lowest BCUT2D eigenvalue weighted by atomic mass is 10.2. The second-order valence-electron chi connectivity index (χ2n) is 3.45. The van der Waals surface area contributed by atoms with Crippen LogP contribution < -0.4 is 0 Å². The van der Waals surface area contributed by atoms with Gasteiger partial charge in [0.15, 0.2) is 0 Å². The number of nitrogens with zero attached hydrogens (tertiary/aromatic N) is 1. The molecule has 0 aromatic carbocycles. The summed E-state index contributed by atoms with van der Waals surface area (Å²) in [5.74, 6) is 0.217. The SMILES string of the molecule is CCCCCCN1C=C(O)CC1=O. The topological polar surface area (TPSA) is 40.5 Å². The monoisotopic (exact) mass is 183 g/mol. The second kappa shape index (κ2) is 4.90. The Morgan fingerprint density at radius 3 is 2.77 bits per heavy atom. The predicted octanol–water partition coefficient (Wildman–Crippen LogP) is 2.20. The van der Waals surface area contributed by atoms with Gasteiger partial charge in [0.05, 0.1) is 6.42 Å². The molecule has 0 unspecified atom stereocenters. The van der Waals surface area contributed by atoms with Crippen LogP contribution in [0.2, 0.25) is 0 Å². The molecule has 0 saturated heterocycles. The van der Waals surface area contributed by atoms with Gasteiger partial charge in [-0.2, -0.15) is 0 Å². The fourth-order valence-electron chi connectivity index (χ4n) is 1.45. The summed E-state index contributed by atoms with van der Waals surface area (Å²) in [6.45, 7) is 2.91. The molecule has 0 atom stereocenters. The maximum absolute atomic E-state index is 11.2. The first-order valence-electron chi connectivity index (χ1n) is 4.93. The van der Waals surface area contributed by atoms with E-state index in [9.17, 15) is 4.79 Å². The highest BCUT2D eigenvalue weighted by atomic mass is 16.3. The number of unbranched alkanes of at least 4 members (excludes halogenated alkanes) is 3. The third-order valence-electron chi connectivity index (χ3n) is 2.21. The number of rotatable bonds is 5. The van der Waals surface area contributed by atoms with Crippen LogP contribution in [0.3, 0.4) is 0 Å². The molecule has 74 valence electrons. The van der Waals surface area contributed by atoms with Gasteiger partial charge in [-0.05, 0) is 6.42 Å². The summed E-state index contributed by atoms with van der Waals surface area (Å²) in [5, 5.41) is 9.07. The van der Waals surface area contributed by atoms with Crippen molar-refractivity contribution in [3.8, 4) is 0 Å². The number of carbonyl (C=O) groups excluding carboxylic acids is 1. The summed E-state index contributed by atoms with van der Waals surface area (Å²) in [5.41, 5.74) is 0. The Bertz CT molecular complexity index is 211. The quantitative estimate of drug-likeness (QED) is 0.664.